The second-order valence-electron chi connectivity index (χ2n) is 6.06. The Morgan fingerprint density at radius 2 is 1.88 bits per heavy atom. The third kappa shape index (κ3) is 3.56. The molecule has 25 heavy (non-hydrogen) atoms. The van der Waals surface area contributed by atoms with E-state index in [1.807, 2.05) is 18.2 Å². The van der Waals surface area contributed by atoms with Crippen LogP contribution in [0.1, 0.15) is 17.0 Å². The Labute approximate surface area is 147 Å². The van der Waals surface area contributed by atoms with E-state index >= 15 is 0 Å². The van der Waals surface area contributed by atoms with Gasteiger partial charge in [-0.3, -0.25) is 4.98 Å². The van der Waals surface area contributed by atoms with Gasteiger partial charge in [-0.05, 0) is 42.0 Å². The fourth-order valence-corrected chi connectivity index (χ4v) is 4.77. The predicted octanol–water partition coefficient (Wildman–Crippen LogP) is 2.00. The van der Waals surface area contributed by atoms with E-state index in [1.54, 1.807) is 19.5 Å². The van der Waals surface area contributed by atoms with Gasteiger partial charge in [-0.25, -0.2) is 8.42 Å². The number of hydrogen-bond acceptors (Lipinski definition) is 5. The summed E-state index contributed by atoms with van der Waals surface area (Å²) in [5, 5.41) is 8.87. The van der Waals surface area contributed by atoms with Crippen molar-refractivity contribution in [3.05, 3.63) is 59.9 Å². The van der Waals surface area contributed by atoms with E-state index in [0.29, 0.717) is 25.3 Å². The van der Waals surface area contributed by atoms with Crippen molar-refractivity contribution in [1.82, 2.24) is 9.29 Å². The highest BCUT2D eigenvalue weighted by atomic mass is 32.2. The molecule has 7 heteroatoms. The van der Waals surface area contributed by atoms with E-state index in [4.69, 9.17) is 10.00 Å². The van der Waals surface area contributed by atoms with Crippen LogP contribution in [0.5, 0.6) is 0 Å². The van der Waals surface area contributed by atoms with Crippen LogP contribution < -0.4 is 0 Å². The monoisotopic (exact) mass is 357 g/mol. The second kappa shape index (κ2) is 7.31. The molecule has 0 aliphatic carbocycles. The highest BCUT2D eigenvalue weighted by Gasteiger charge is 2.39. The average molecular weight is 357 g/mol. The van der Waals surface area contributed by atoms with Crippen LogP contribution >= 0.6 is 0 Å². The van der Waals surface area contributed by atoms with Crippen molar-refractivity contribution in [3.63, 3.8) is 0 Å². The van der Waals surface area contributed by atoms with Gasteiger partial charge in [0.1, 0.15) is 0 Å². The number of hydrogen-bond donors (Lipinski definition) is 0. The fraction of sp³-hybridized carbons (Fsp3) is 0.333. The largest absolute Gasteiger partial charge is 0.384 e. The van der Waals surface area contributed by atoms with Crippen molar-refractivity contribution in [3.8, 4) is 6.07 Å². The summed E-state index contributed by atoms with van der Waals surface area (Å²) in [5.74, 6) is 0.150. The Balaban J connectivity index is 1.88. The Morgan fingerprint density at radius 1 is 1.20 bits per heavy atom. The van der Waals surface area contributed by atoms with E-state index in [9.17, 15) is 8.42 Å². The molecule has 1 aliphatic rings. The lowest BCUT2D eigenvalue weighted by molar-refractivity contribution is 0.151. The molecule has 1 aliphatic heterocycles. The highest BCUT2D eigenvalue weighted by Crippen LogP contribution is 2.35. The van der Waals surface area contributed by atoms with Gasteiger partial charge < -0.3 is 4.74 Å². The van der Waals surface area contributed by atoms with Gasteiger partial charge in [0.25, 0.3) is 0 Å². The quantitative estimate of drug-likeness (QED) is 0.817. The number of sulfonamides is 1. The zero-order chi connectivity index (χ0) is 17.9. The van der Waals surface area contributed by atoms with Crippen LogP contribution in [0.2, 0.25) is 0 Å². The number of benzene rings is 1. The molecule has 6 nitrogen and oxygen atoms in total. The number of aromatic nitrogens is 1. The molecule has 0 bridgehead atoms. The average Bonchev–Trinajstić information content (AvgIpc) is 3.08. The molecule has 1 saturated heterocycles. The fourth-order valence-electron chi connectivity index (χ4n) is 3.25. The molecule has 2 heterocycles. The van der Waals surface area contributed by atoms with Crippen molar-refractivity contribution in [2.24, 2.45) is 5.92 Å². The molecule has 2 aromatic rings. The number of nitriles is 1. The van der Waals surface area contributed by atoms with Gasteiger partial charge in [-0.15, -0.1) is 0 Å². The molecule has 0 saturated carbocycles. The maximum Gasteiger partial charge on any atom is 0.243 e. The first-order valence-corrected chi connectivity index (χ1v) is 9.39. The van der Waals surface area contributed by atoms with E-state index in [0.717, 1.165) is 5.56 Å². The number of ether oxygens (including phenoxy) is 1. The smallest absolute Gasteiger partial charge is 0.243 e. The Bertz CT molecular complexity index is 861. The van der Waals surface area contributed by atoms with Gasteiger partial charge in [-0.2, -0.15) is 9.57 Å². The minimum absolute atomic E-state index is 0.0658. The van der Waals surface area contributed by atoms with Crippen LogP contribution in [-0.4, -0.2) is 44.5 Å². The van der Waals surface area contributed by atoms with E-state index in [2.05, 4.69) is 4.98 Å². The van der Waals surface area contributed by atoms with Gasteiger partial charge in [0.15, 0.2) is 0 Å². The number of pyridine rings is 1. The SMILES string of the molecule is COC[C@@H]1CN(S(=O)(=O)c2ccc(C#N)cc2)C[C@H]1c1ccncc1. The van der Waals surface area contributed by atoms with Crippen LogP contribution in [0.25, 0.3) is 0 Å². The molecule has 130 valence electrons. The maximum atomic E-state index is 13.0. The van der Waals surface area contributed by atoms with Crippen LogP contribution in [0, 0.1) is 17.2 Å². The van der Waals surface area contributed by atoms with E-state index < -0.39 is 10.0 Å². The summed E-state index contributed by atoms with van der Waals surface area (Å²) < 4.78 is 32.7. The molecule has 0 unspecified atom stereocenters. The molecular weight excluding hydrogens is 338 g/mol. The Morgan fingerprint density at radius 3 is 2.48 bits per heavy atom. The third-order valence-electron chi connectivity index (χ3n) is 4.54. The molecule has 0 N–H and O–H groups in total. The number of rotatable bonds is 5. The summed E-state index contributed by atoms with van der Waals surface area (Å²) in [6.45, 7) is 1.30. The lowest BCUT2D eigenvalue weighted by Crippen LogP contribution is -2.29. The standard InChI is InChI=1S/C18H19N3O3S/c1-24-13-16-11-21(12-18(16)15-6-8-20-9-7-15)25(22,23)17-4-2-14(10-19)3-5-17/h2-9,16,18H,11-13H2,1H3/t16-,18-/m0/s1. The van der Waals surface area contributed by atoms with Crippen molar-refractivity contribution < 1.29 is 13.2 Å². The van der Waals surface area contributed by atoms with E-state index in [-0.39, 0.29) is 16.7 Å². The molecular formula is C18H19N3O3S. The normalized spacial score (nSPS) is 21.1. The summed E-state index contributed by atoms with van der Waals surface area (Å²) >= 11 is 0. The minimum Gasteiger partial charge on any atom is -0.384 e. The van der Waals surface area contributed by atoms with Crippen molar-refractivity contribution in [1.29, 1.82) is 5.26 Å². The molecule has 0 radical (unpaired) electrons. The highest BCUT2D eigenvalue weighted by molar-refractivity contribution is 7.89. The van der Waals surface area contributed by atoms with Crippen molar-refractivity contribution in [2.75, 3.05) is 26.8 Å². The molecule has 1 fully saturated rings. The predicted molar refractivity (Wildman–Crippen MR) is 92.3 cm³/mol. The first-order valence-electron chi connectivity index (χ1n) is 7.95. The van der Waals surface area contributed by atoms with Crippen molar-refractivity contribution >= 4 is 10.0 Å². The summed E-state index contributed by atoms with van der Waals surface area (Å²) in [7, 11) is -1.98. The maximum absolute atomic E-state index is 13.0. The van der Waals surface area contributed by atoms with Crippen LogP contribution in [-0.2, 0) is 14.8 Å². The number of nitrogens with zero attached hydrogens (tertiary/aromatic N) is 3. The van der Waals surface area contributed by atoms with Gasteiger partial charge in [0.05, 0.1) is 23.1 Å². The first kappa shape index (κ1) is 17.5. The summed E-state index contributed by atoms with van der Waals surface area (Å²) in [6, 6.07) is 11.9. The zero-order valence-corrected chi connectivity index (χ0v) is 14.7. The van der Waals surface area contributed by atoms with Gasteiger partial charge in [-0.1, -0.05) is 0 Å². The van der Waals surface area contributed by atoms with E-state index in [1.165, 1.54) is 28.6 Å². The summed E-state index contributed by atoms with van der Waals surface area (Å²) in [4.78, 5) is 4.24. The van der Waals surface area contributed by atoms with Gasteiger partial charge >= 0.3 is 0 Å². The Kier molecular flexibility index (Phi) is 5.13. The molecule has 0 spiro atoms. The minimum atomic E-state index is -3.60. The molecule has 1 aromatic carbocycles. The second-order valence-corrected chi connectivity index (χ2v) is 8.00. The summed E-state index contributed by atoms with van der Waals surface area (Å²) in [6.07, 6.45) is 3.44. The van der Waals surface area contributed by atoms with Gasteiger partial charge in [0.2, 0.25) is 10.0 Å². The lowest BCUT2D eigenvalue weighted by atomic mass is 9.90. The van der Waals surface area contributed by atoms with Crippen LogP contribution in [0.4, 0.5) is 0 Å². The molecule has 0 amide bonds. The molecule has 3 rings (SSSR count). The topological polar surface area (TPSA) is 83.3 Å². The number of methoxy groups -OCH3 is 1. The first-order chi connectivity index (χ1) is 12.1. The Hall–Kier alpha value is -2.27. The van der Waals surface area contributed by atoms with Gasteiger partial charge in [0, 0.05) is 44.4 Å². The van der Waals surface area contributed by atoms with Crippen LogP contribution in [0.3, 0.4) is 0 Å². The van der Waals surface area contributed by atoms with Crippen molar-refractivity contribution in [2.45, 2.75) is 10.8 Å². The zero-order valence-electron chi connectivity index (χ0n) is 13.9. The van der Waals surface area contributed by atoms with Crippen LogP contribution in [0.15, 0.2) is 53.7 Å². The lowest BCUT2D eigenvalue weighted by Gasteiger charge is -2.17. The summed E-state index contributed by atoms with van der Waals surface area (Å²) in [5.41, 5.74) is 1.50. The molecule has 1 aromatic heterocycles. The molecule has 2 atom stereocenters. The third-order valence-corrected chi connectivity index (χ3v) is 6.39.